The van der Waals surface area contributed by atoms with Crippen molar-refractivity contribution in [2.24, 2.45) is 7.05 Å². The van der Waals surface area contributed by atoms with Crippen LogP contribution in [0.1, 0.15) is 35.0 Å². The van der Waals surface area contributed by atoms with Gasteiger partial charge in [-0.15, -0.1) is 10.2 Å². The van der Waals surface area contributed by atoms with Crippen LogP contribution in [0.2, 0.25) is 0 Å². The van der Waals surface area contributed by atoms with Crippen molar-refractivity contribution in [3.8, 4) is 0 Å². The van der Waals surface area contributed by atoms with Crippen LogP contribution in [0.4, 0.5) is 0 Å². The summed E-state index contributed by atoms with van der Waals surface area (Å²) in [7, 11) is 1.86. The van der Waals surface area contributed by atoms with Gasteiger partial charge in [-0.1, -0.05) is 0 Å². The minimum atomic E-state index is -0.0827. The second-order valence-corrected chi connectivity index (χ2v) is 4.83. The lowest BCUT2D eigenvalue weighted by Gasteiger charge is -2.14. The Hall–Kier alpha value is -2.11. The molecule has 0 radical (unpaired) electrons. The fourth-order valence-corrected chi connectivity index (χ4v) is 2.45. The predicted molar refractivity (Wildman–Crippen MR) is 69.5 cm³/mol. The zero-order chi connectivity index (χ0) is 13.2. The number of carbonyl (C=O) groups is 1. The highest BCUT2D eigenvalue weighted by Crippen LogP contribution is 2.14. The van der Waals surface area contributed by atoms with E-state index in [2.05, 4.69) is 20.1 Å². The van der Waals surface area contributed by atoms with E-state index < -0.39 is 0 Å². The third-order valence-electron chi connectivity index (χ3n) is 3.52. The van der Waals surface area contributed by atoms with Gasteiger partial charge in [-0.05, 0) is 25.0 Å². The van der Waals surface area contributed by atoms with E-state index in [1.54, 1.807) is 10.6 Å². The van der Waals surface area contributed by atoms with Crippen LogP contribution in [0.25, 0.3) is 0 Å². The molecule has 1 aliphatic heterocycles. The second-order valence-electron chi connectivity index (χ2n) is 4.83. The fourth-order valence-electron chi connectivity index (χ4n) is 2.45. The first-order valence-electron chi connectivity index (χ1n) is 6.56. The molecule has 3 rings (SSSR count). The van der Waals surface area contributed by atoms with Crippen molar-refractivity contribution in [1.82, 2.24) is 24.6 Å². The number of hydrogen-bond donors (Lipinski definition) is 1. The molecular weight excluding hydrogens is 242 g/mol. The lowest BCUT2D eigenvalue weighted by Crippen LogP contribution is -2.27. The molecule has 19 heavy (non-hydrogen) atoms. The average Bonchev–Trinajstić information content (AvgIpc) is 3.02. The number of nitrogens with one attached hydrogen (secondary N) is 1. The summed E-state index contributed by atoms with van der Waals surface area (Å²) in [5.41, 5.74) is 0.651. The maximum Gasteiger partial charge on any atom is 0.268 e. The molecule has 2 aromatic rings. The van der Waals surface area contributed by atoms with Crippen LogP contribution in [-0.2, 0) is 26.6 Å². The molecule has 0 bridgehead atoms. The smallest absolute Gasteiger partial charge is 0.268 e. The van der Waals surface area contributed by atoms with E-state index in [9.17, 15) is 4.79 Å². The summed E-state index contributed by atoms with van der Waals surface area (Å²) in [6.45, 7) is 1.38. The van der Waals surface area contributed by atoms with Gasteiger partial charge in [-0.2, -0.15) is 0 Å². The number of fused-ring (bicyclic) bond motifs is 1. The van der Waals surface area contributed by atoms with Crippen LogP contribution in [0.5, 0.6) is 0 Å². The van der Waals surface area contributed by atoms with Crippen LogP contribution in [0.3, 0.4) is 0 Å². The summed E-state index contributed by atoms with van der Waals surface area (Å²) in [6.07, 6.45) is 5.17. The summed E-state index contributed by atoms with van der Waals surface area (Å²) < 4.78 is 3.92. The van der Waals surface area contributed by atoms with Crippen molar-refractivity contribution in [3.05, 3.63) is 35.7 Å². The van der Waals surface area contributed by atoms with Gasteiger partial charge in [0.05, 0.1) is 6.54 Å². The van der Waals surface area contributed by atoms with Crippen molar-refractivity contribution in [2.45, 2.75) is 32.4 Å². The average molecular weight is 259 g/mol. The first-order chi connectivity index (χ1) is 9.25. The molecule has 6 nitrogen and oxygen atoms in total. The highest BCUT2D eigenvalue weighted by Gasteiger charge is 2.16. The van der Waals surface area contributed by atoms with E-state index in [0.717, 1.165) is 31.0 Å². The Morgan fingerprint density at radius 2 is 2.32 bits per heavy atom. The van der Waals surface area contributed by atoms with E-state index in [-0.39, 0.29) is 5.91 Å². The Bertz CT molecular complexity index is 598. The predicted octanol–water partition coefficient (Wildman–Crippen LogP) is 0.883. The number of nitrogens with zero attached hydrogens (tertiary/aromatic N) is 4. The molecule has 0 saturated heterocycles. The summed E-state index contributed by atoms with van der Waals surface area (Å²) in [6, 6.07) is 3.66. The van der Waals surface area contributed by atoms with Crippen molar-refractivity contribution in [2.75, 3.05) is 0 Å². The van der Waals surface area contributed by atoms with Crippen molar-refractivity contribution >= 4 is 5.91 Å². The molecule has 0 fully saturated rings. The summed E-state index contributed by atoms with van der Waals surface area (Å²) in [4.78, 5) is 12.0. The third kappa shape index (κ3) is 2.25. The number of aryl methyl sites for hydroxylation is 2. The van der Waals surface area contributed by atoms with E-state index in [4.69, 9.17) is 0 Å². The maximum atomic E-state index is 12.0. The normalized spacial score (nSPS) is 14.2. The minimum Gasteiger partial charge on any atom is -0.347 e. The van der Waals surface area contributed by atoms with Gasteiger partial charge in [0.25, 0.3) is 5.91 Å². The molecule has 1 aliphatic rings. The van der Waals surface area contributed by atoms with Gasteiger partial charge < -0.3 is 14.5 Å². The molecule has 0 unspecified atom stereocenters. The van der Waals surface area contributed by atoms with Gasteiger partial charge >= 0.3 is 0 Å². The van der Waals surface area contributed by atoms with E-state index in [0.29, 0.717) is 12.2 Å². The number of aromatic nitrogens is 4. The largest absolute Gasteiger partial charge is 0.347 e. The molecule has 1 N–H and O–H groups in total. The third-order valence-corrected chi connectivity index (χ3v) is 3.52. The molecule has 100 valence electrons. The molecule has 0 saturated carbocycles. The van der Waals surface area contributed by atoms with E-state index in [1.807, 2.05) is 19.3 Å². The Morgan fingerprint density at radius 3 is 3.11 bits per heavy atom. The molecule has 6 heteroatoms. The Morgan fingerprint density at radius 1 is 1.42 bits per heavy atom. The van der Waals surface area contributed by atoms with Crippen LogP contribution in [0, 0.1) is 0 Å². The van der Waals surface area contributed by atoms with Crippen LogP contribution < -0.4 is 5.32 Å². The van der Waals surface area contributed by atoms with Crippen LogP contribution in [-0.4, -0.2) is 25.2 Å². The van der Waals surface area contributed by atoms with Gasteiger partial charge in [0, 0.05) is 26.2 Å². The SMILES string of the molecule is Cn1cccc1C(=O)NCc1nnc2n1CCCC2. The quantitative estimate of drug-likeness (QED) is 0.890. The molecular formula is C13H17N5O. The molecule has 1 amide bonds. The highest BCUT2D eigenvalue weighted by molar-refractivity contribution is 5.92. The monoisotopic (exact) mass is 259 g/mol. The lowest BCUT2D eigenvalue weighted by molar-refractivity contribution is 0.0941. The first-order valence-corrected chi connectivity index (χ1v) is 6.56. The van der Waals surface area contributed by atoms with E-state index in [1.165, 1.54) is 6.42 Å². The molecule has 0 spiro atoms. The minimum absolute atomic E-state index is 0.0827. The Labute approximate surface area is 111 Å². The van der Waals surface area contributed by atoms with E-state index >= 15 is 0 Å². The molecule has 0 aliphatic carbocycles. The summed E-state index contributed by atoms with van der Waals surface area (Å²) in [5.74, 6) is 1.80. The van der Waals surface area contributed by atoms with Crippen LogP contribution >= 0.6 is 0 Å². The van der Waals surface area contributed by atoms with Gasteiger partial charge in [0.15, 0.2) is 5.82 Å². The number of rotatable bonds is 3. The van der Waals surface area contributed by atoms with Crippen LogP contribution in [0.15, 0.2) is 18.3 Å². The summed E-state index contributed by atoms with van der Waals surface area (Å²) >= 11 is 0. The van der Waals surface area contributed by atoms with Gasteiger partial charge in [0.2, 0.25) is 0 Å². The first kappa shape index (κ1) is 12.0. The van der Waals surface area contributed by atoms with Crippen molar-refractivity contribution < 1.29 is 4.79 Å². The zero-order valence-corrected chi connectivity index (χ0v) is 11.0. The van der Waals surface area contributed by atoms with Gasteiger partial charge in [0.1, 0.15) is 11.5 Å². The molecule has 3 heterocycles. The maximum absolute atomic E-state index is 12.0. The summed E-state index contributed by atoms with van der Waals surface area (Å²) in [5, 5.41) is 11.2. The molecule has 2 aromatic heterocycles. The molecule has 0 aromatic carbocycles. The highest BCUT2D eigenvalue weighted by atomic mass is 16.1. The standard InChI is InChI=1S/C13H17N5O/c1-17-7-4-5-10(17)13(19)14-9-12-16-15-11-6-2-3-8-18(11)12/h4-5,7H,2-3,6,8-9H2,1H3,(H,14,19). The zero-order valence-electron chi connectivity index (χ0n) is 11.0. The number of hydrogen-bond acceptors (Lipinski definition) is 3. The Balaban J connectivity index is 1.68. The van der Waals surface area contributed by atoms with Crippen molar-refractivity contribution in [3.63, 3.8) is 0 Å². The number of amides is 1. The second kappa shape index (κ2) is 4.87. The number of carbonyl (C=O) groups excluding carboxylic acids is 1. The molecule has 0 atom stereocenters. The topological polar surface area (TPSA) is 64.7 Å². The van der Waals surface area contributed by atoms with Gasteiger partial charge in [-0.3, -0.25) is 4.79 Å². The van der Waals surface area contributed by atoms with Gasteiger partial charge in [-0.25, -0.2) is 0 Å². The lowest BCUT2D eigenvalue weighted by atomic mass is 10.2. The van der Waals surface area contributed by atoms with Crippen molar-refractivity contribution in [1.29, 1.82) is 0 Å². The Kier molecular flexibility index (Phi) is 3.06. The fraction of sp³-hybridized carbons (Fsp3) is 0.462.